The van der Waals surface area contributed by atoms with E-state index < -0.39 is 0 Å². The summed E-state index contributed by atoms with van der Waals surface area (Å²) in [6.07, 6.45) is 2.10. The molecule has 1 amide bonds. The second-order valence-corrected chi connectivity index (χ2v) is 7.21. The summed E-state index contributed by atoms with van der Waals surface area (Å²) in [5, 5.41) is 7.67. The van der Waals surface area contributed by atoms with Gasteiger partial charge in [0.25, 0.3) is 5.91 Å². The van der Waals surface area contributed by atoms with E-state index in [4.69, 9.17) is 0 Å². The molecule has 3 rings (SSSR count). The van der Waals surface area contributed by atoms with Crippen molar-refractivity contribution in [1.82, 2.24) is 20.0 Å². The highest BCUT2D eigenvalue weighted by Crippen LogP contribution is 2.22. The van der Waals surface area contributed by atoms with Crippen LogP contribution >= 0.6 is 15.9 Å². The van der Waals surface area contributed by atoms with Crippen LogP contribution in [-0.2, 0) is 0 Å². The molecule has 1 aliphatic heterocycles. The number of benzene rings is 1. The first-order chi connectivity index (χ1) is 11.6. The Bertz CT molecular complexity index is 702. The second-order valence-electron chi connectivity index (χ2n) is 6.39. The molecule has 24 heavy (non-hydrogen) atoms. The quantitative estimate of drug-likeness (QED) is 0.872. The number of likely N-dealkylation sites (tertiary alicyclic amines) is 1. The van der Waals surface area contributed by atoms with Gasteiger partial charge in [-0.05, 0) is 67.3 Å². The zero-order valence-electron chi connectivity index (χ0n) is 14.1. The Balaban J connectivity index is 1.80. The van der Waals surface area contributed by atoms with Crippen LogP contribution in [0.25, 0.3) is 5.69 Å². The second kappa shape index (κ2) is 7.49. The van der Waals surface area contributed by atoms with Crippen LogP contribution in [0.3, 0.4) is 0 Å². The molecule has 1 aromatic carbocycles. The zero-order chi connectivity index (χ0) is 17.1. The number of piperidine rings is 1. The summed E-state index contributed by atoms with van der Waals surface area (Å²) in [4.78, 5) is 14.9. The first-order valence-electron chi connectivity index (χ1n) is 8.35. The molecule has 2 heterocycles. The summed E-state index contributed by atoms with van der Waals surface area (Å²) in [5.74, 6) is 0.712. The van der Waals surface area contributed by atoms with E-state index in [0.717, 1.165) is 38.2 Å². The number of hydrogen-bond acceptors (Lipinski definition) is 3. The van der Waals surface area contributed by atoms with Gasteiger partial charge in [0.1, 0.15) is 10.3 Å². The van der Waals surface area contributed by atoms with E-state index in [2.05, 4.69) is 26.3 Å². The van der Waals surface area contributed by atoms with Crippen molar-refractivity contribution in [3.8, 4) is 5.69 Å². The normalized spacial score (nSPS) is 15.7. The van der Waals surface area contributed by atoms with Gasteiger partial charge in [-0.1, -0.05) is 17.7 Å². The minimum atomic E-state index is 0.0525. The standard InChI is InChI=1S/C18H23BrN4O/c1-13-3-5-15(6-4-13)23-16(11-17(19)21-23)18(24)22-9-7-14(8-10-22)12-20-2/h3-6,11,14,20H,7-10,12H2,1-2H3. The molecule has 0 spiro atoms. The van der Waals surface area contributed by atoms with E-state index in [0.29, 0.717) is 16.2 Å². The van der Waals surface area contributed by atoms with Crippen LogP contribution in [-0.4, -0.2) is 47.3 Å². The maximum absolute atomic E-state index is 13.0. The number of aryl methyl sites for hydroxylation is 1. The van der Waals surface area contributed by atoms with Crippen molar-refractivity contribution in [1.29, 1.82) is 0 Å². The van der Waals surface area contributed by atoms with Crippen molar-refractivity contribution in [2.24, 2.45) is 5.92 Å². The minimum Gasteiger partial charge on any atom is -0.337 e. The molecule has 0 aliphatic carbocycles. The molecule has 1 saturated heterocycles. The number of halogens is 1. The first-order valence-corrected chi connectivity index (χ1v) is 9.14. The average molecular weight is 391 g/mol. The maximum atomic E-state index is 13.0. The van der Waals surface area contributed by atoms with E-state index in [-0.39, 0.29) is 5.91 Å². The van der Waals surface area contributed by atoms with Crippen LogP contribution in [0, 0.1) is 12.8 Å². The lowest BCUT2D eigenvalue weighted by molar-refractivity contribution is 0.0681. The van der Waals surface area contributed by atoms with E-state index >= 15 is 0 Å². The van der Waals surface area contributed by atoms with Crippen LogP contribution < -0.4 is 5.32 Å². The van der Waals surface area contributed by atoms with Crippen LogP contribution in [0.1, 0.15) is 28.9 Å². The summed E-state index contributed by atoms with van der Waals surface area (Å²) in [7, 11) is 1.98. The summed E-state index contributed by atoms with van der Waals surface area (Å²) in [6.45, 7) is 4.68. The number of nitrogens with one attached hydrogen (secondary N) is 1. The van der Waals surface area contributed by atoms with Crippen LogP contribution in [0.15, 0.2) is 34.9 Å². The van der Waals surface area contributed by atoms with Crippen LogP contribution in [0.4, 0.5) is 0 Å². The lowest BCUT2D eigenvalue weighted by Gasteiger charge is -2.32. The third-order valence-electron chi connectivity index (χ3n) is 4.57. The van der Waals surface area contributed by atoms with Gasteiger partial charge in [-0.2, -0.15) is 5.10 Å². The van der Waals surface area contributed by atoms with Crippen LogP contribution in [0.2, 0.25) is 0 Å². The molecular formula is C18H23BrN4O. The number of amides is 1. The van der Waals surface area contributed by atoms with Gasteiger partial charge in [0.2, 0.25) is 0 Å². The highest BCUT2D eigenvalue weighted by Gasteiger charge is 2.26. The SMILES string of the molecule is CNCC1CCN(C(=O)c2cc(Br)nn2-c2ccc(C)cc2)CC1. The molecule has 0 bridgehead atoms. The van der Waals surface area contributed by atoms with Gasteiger partial charge in [-0.3, -0.25) is 4.79 Å². The lowest BCUT2D eigenvalue weighted by Crippen LogP contribution is -2.41. The van der Waals surface area contributed by atoms with Gasteiger partial charge in [0.05, 0.1) is 5.69 Å². The van der Waals surface area contributed by atoms with Gasteiger partial charge in [-0.15, -0.1) is 0 Å². The number of carbonyl (C=O) groups is 1. The third-order valence-corrected chi connectivity index (χ3v) is 4.96. The third kappa shape index (κ3) is 3.70. The first kappa shape index (κ1) is 17.2. The summed E-state index contributed by atoms with van der Waals surface area (Å²) >= 11 is 3.41. The predicted octanol–water partition coefficient (Wildman–Crippen LogP) is 3.01. The number of carbonyl (C=O) groups excluding carboxylic acids is 1. The van der Waals surface area contributed by atoms with Crippen molar-refractivity contribution < 1.29 is 4.79 Å². The van der Waals surface area contributed by atoms with E-state index in [1.165, 1.54) is 5.56 Å². The van der Waals surface area contributed by atoms with Crippen molar-refractivity contribution in [2.75, 3.05) is 26.7 Å². The number of hydrogen-bond donors (Lipinski definition) is 1. The number of nitrogens with zero attached hydrogens (tertiary/aromatic N) is 3. The molecule has 1 fully saturated rings. The van der Waals surface area contributed by atoms with E-state index in [9.17, 15) is 4.79 Å². The maximum Gasteiger partial charge on any atom is 0.272 e. The van der Waals surface area contributed by atoms with Gasteiger partial charge >= 0.3 is 0 Å². The molecule has 5 nitrogen and oxygen atoms in total. The molecule has 128 valence electrons. The molecule has 0 radical (unpaired) electrons. The minimum absolute atomic E-state index is 0.0525. The Morgan fingerprint density at radius 3 is 2.58 bits per heavy atom. The summed E-state index contributed by atoms with van der Waals surface area (Å²) in [6, 6.07) is 9.85. The Labute approximate surface area is 151 Å². The Kier molecular flexibility index (Phi) is 5.36. The van der Waals surface area contributed by atoms with Crippen molar-refractivity contribution >= 4 is 21.8 Å². The van der Waals surface area contributed by atoms with Gasteiger partial charge in [0, 0.05) is 19.2 Å². The molecule has 0 saturated carbocycles. The monoisotopic (exact) mass is 390 g/mol. The van der Waals surface area contributed by atoms with Crippen molar-refractivity contribution in [2.45, 2.75) is 19.8 Å². The molecule has 1 aromatic heterocycles. The Morgan fingerprint density at radius 1 is 1.29 bits per heavy atom. The molecular weight excluding hydrogens is 368 g/mol. The van der Waals surface area contributed by atoms with Crippen molar-refractivity contribution in [3.63, 3.8) is 0 Å². The highest BCUT2D eigenvalue weighted by atomic mass is 79.9. The van der Waals surface area contributed by atoms with E-state index in [1.807, 2.05) is 49.2 Å². The van der Waals surface area contributed by atoms with Crippen LogP contribution in [0.5, 0.6) is 0 Å². The number of rotatable bonds is 4. The lowest BCUT2D eigenvalue weighted by atomic mass is 9.96. The van der Waals surface area contributed by atoms with E-state index in [1.54, 1.807) is 4.68 Å². The topological polar surface area (TPSA) is 50.2 Å². The summed E-state index contributed by atoms with van der Waals surface area (Å²) < 4.78 is 2.41. The predicted molar refractivity (Wildman–Crippen MR) is 98.6 cm³/mol. The van der Waals surface area contributed by atoms with Gasteiger partial charge in [-0.25, -0.2) is 4.68 Å². The Morgan fingerprint density at radius 2 is 1.96 bits per heavy atom. The van der Waals surface area contributed by atoms with Gasteiger partial charge in [0.15, 0.2) is 0 Å². The molecule has 1 N–H and O–H groups in total. The fourth-order valence-corrected chi connectivity index (χ4v) is 3.55. The Hall–Kier alpha value is -1.66. The van der Waals surface area contributed by atoms with Gasteiger partial charge < -0.3 is 10.2 Å². The molecule has 0 atom stereocenters. The molecule has 6 heteroatoms. The molecule has 2 aromatic rings. The zero-order valence-corrected chi connectivity index (χ0v) is 15.7. The smallest absolute Gasteiger partial charge is 0.272 e. The molecule has 0 unspecified atom stereocenters. The largest absolute Gasteiger partial charge is 0.337 e. The fraction of sp³-hybridized carbons (Fsp3) is 0.444. The fourth-order valence-electron chi connectivity index (χ4n) is 3.18. The van der Waals surface area contributed by atoms with Crippen molar-refractivity contribution in [3.05, 3.63) is 46.2 Å². The molecule has 1 aliphatic rings. The highest BCUT2D eigenvalue weighted by molar-refractivity contribution is 9.10. The average Bonchev–Trinajstić information content (AvgIpc) is 2.98. The number of aromatic nitrogens is 2. The summed E-state index contributed by atoms with van der Waals surface area (Å²) in [5.41, 5.74) is 2.70.